The Kier molecular flexibility index (Phi) is 9.48. The third kappa shape index (κ3) is 7.40. The molecule has 1 fully saturated rings. The predicted molar refractivity (Wildman–Crippen MR) is 150 cm³/mol. The Bertz CT molecular complexity index is 1350. The Labute approximate surface area is 234 Å². The van der Waals surface area contributed by atoms with Crippen LogP contribution >= 0.6 is 0 Å². The maximum absolute atomic E-state index is 13.8. The summed E-state index contributed by atoms with van der Waals surface area (Å²) in [6.07, 6.45) is 0.824. The molecule has 3 aromatic rings. The summed E-state index contributed by atoms with van der Waals surface area (Å²) in [5.41, 5.74) is 2.24. The number of alkyl halides is 3. The van der Waals surface area contributed by atoms with Gasteiger partial charge in [0.25, 0.3) is 11.3 Å². The summed E-state index contributed by atoms with van der Waals surface area (Å²) >= 11 is -2.31. The van der Waals surface area contributed by atoms with E-state index in [9.17, 15) is 21.9 Å². The largest absolute Gasteiger partial charge is 0.495 e. The van der Waals surface area contributed by atoms with Gasteiger partial charge in [-0.1, -0.05) is 31.0 Å². The number of rotatable bonds is 11. The minimum atomic E-state index is -4.70. The zero-order valence-electron chi connectivity index (χ0n) is 22.5. The van der Waals surface area contributed by atoms with Crippen molar-refractivity contribution in [2.24, 2.45) is 0 Å². The molecule has 0 amide bonds. The van der Waals surface area contributed by atoms with Crippen LogP contribution in [0.1, 0.15) is 47.9 Å². The highest BCUT2D eigenvalue weighted by atomic mass is 32.2. The number of aryl methyl sites for hydroxylation is 1. The van der Waals surface area contributed by atoms with Gasteiger partial charge in [-0.15, -0.1) is 0 Å². The van der Waals surface area contributed by atoms with Crippen molar-refractivity contribution in [3.63, 3.8) is 0 Å². The van der Waals surface area contributed by atoms with Gasteiger partial charge in [-0.05, 0) is 54.7 Å². The Hall–Kier alpha value is -3.42. The van der Waals surface area contributed by atoms with Gasteiger partial charge >= 0.3 is 6.18 Å². The molecule has 1 aliphatic rings. The quantitative estimate of drug-likeness (QED) is 0.212. The van der Waals surface area contributed by atoms with Crippen LogP contribution in [0.4, 0.5) is 36.3 Å². The molecule has 0 radical (unpaired) electrons. The second kappa shape index (κ2) is 12.8. The molecule has 216 valence electrons. The molecule has 1 atom stereocenters. The minimum Gasteiger partial charge on any atom is -0.495 e. The van der Waals surface area contributed by atoms with E-state index >= 15 is 0 Å². The van der Waals surface area contributed by atoms with Gasteiger partial charge in [-0.2, -0.15) is 18.2 Å². The van der Waals surface area contributed by atoms with Crippen molar-refractivity contribution < 1.29 is 26.7 Å². The first kappa shape index (κ1) is 29.6. The number of methoxy groups -OCH3 is 1. The van der Waals surface area contributed by atoms with Crippen LogP contribution in [0, 0.1) is 6.92 Å². The maximum atomic E-state index is 13.8. The van der Waals surface area contributed by atoms with E-state index in [0.29, 0.717) is 35.3 Å². The van der Waals surface area contributed by atoms with Crippen LogP contribution < -0.4 is 25.0 Å². The van der Waals surface area contributed by atoms with Gasteiger partial charge in [0.1, 0.15) is 17.1 Å². The molecule has 9 nitrogen and oxygen atoms in total. The fraction of sp³-hybridized carbons (Fsp3) is 0.407. The average molecular weight is 579 g/mol. The number of benzene rings is 2. The topological polar surface area (TPSA) is 112 Å². The zero-order chi connectivity index (χ0) is 28.9. The summed E-state index contributed by atoms with van der Waals surface area (Å²) in [5, 5.41) is 9.24. The summed E-state index contributed by atoms with van der Waals surface area (Å²) in [6, 6.07) is 11.2. The van der Waals surface area contributed by atoms with Crippen LogP contribution in [0.2, 0.25) is 0 Å². The molecule has 4 N–H and O–H groups in total. The van der Waals surface area contributed by atoms with Crippen molar-refractivity contribution >= 4 is 34.4 Å². The molecule has 1 unspecified atom stereocenters. The lowest BCUT2D eigenvalue weighted by Crippen LogP contribution is -2.25. The Morgan fingerprint density at radius 1 is 1.15 bits per heavy atom. The molecule has 13 heteroatoms. The number of nitrogens with zero attached hydrogens (tertiary/aromatic N) is 3. The SMILES string of the molecule is COc1cc(CNC2CCCC2)ccc1Nc1ncc(C(F)(F)F)c(NCc2ccc(C)cc2N(C)S(=O)O)n1. The number of halogens is 3. The van der Waals surface area contributed by atoms with Crippen LogP contribution in [0.3, 0.4) is 0 Å². The Balaban J connectivity index is 1.55. The second-order valence-electron chi connectivity index (χ2n) is 9.69. The molecule has 1 aromatic heterocycles. The molecule has 4 rings (SSSR count). The average Bonchev–Trinajstić information content (AvgIpc) is 3.44. The van der Waals surface area contributed by atoms with Crippen molar-refractivity contribution in [2.45, 2.75) is 57.9 Å². The number of aromatic nitrogens is 2. The van der Waals surface area contributed by atoms with Crippen molar-refractivity contribution in [1.29, 1.82) is 0 Å². The molecular formula is C27H33F3N6O3S. The molecule has 0 saturated heterocycles. The number of hydrogen-bond donors (Lipinski definition) is 4. The molecule has 0 aliphatic heterocycles. The molecule has 1 aliphatic carbocycles. The van der Waals surface area contributed by atoms with Crippen LogP contribution in [0.25, 0.3) is 0 Å². The van der Waals surface area contributed by atoms with E-state index in [2.05, 4.69) is 25.9 Å². The number of anilines is 4. The van der Waals surface area contributed by atoms with Gasteiger partial charge in [0.2, 0.25) is 5.95 Å². The van der Waals surface area contributed by atoms with E-state index in [1.807, 2.05) is 19.1 Å². The predicted octanol–water partition coefficient (Wildman–Crippen LogP) is 5.77. The third-order valence-corrected chi connectivity index (χ3v) is 7.48. The molecule has 0 bridgehead atoms. The maximum Gasteiger partial charge on any atom is 0.421 e. The Morgan fingerprint density at radius 2 is 1.90 bits per heavy atom. The van der Waals surface area contributed by atoms with Gasteiger partial charge in [-0.3, -0.25) is 8.86 Å². The smallest absolute Gasteiger partial charge is 0.421 e. The highest BCUT2D eigenvalue weighted by Crippen LogP contribution is 2.35. The monoisotopic (exact) mass is 578 g/mol. The molecule has 0 spiro atoms. The molecule has 1 saturated carbocycles. The third-order valence-electron chi connectivity index (χ3n) is 6.82. The lowest BCUT2D eigenvalue weighted by Gasteiger charge is -2.20. The summed E-state index contributed by atoms with van der Waals surface area (Å²) in [6.45, 7) is 2.42. The van der Waals surface area contributed by atoms with E-state index in [4.69, 9.17) is 4.74 Å². The lowest BCUT2D eigenvalue weighted by molar-refractivity contribution is -0.137. The highest BCUT2D eigenvalue weighted by molar-refractivity contribution is 7.80. The van der Waals surface area contributed by atoms with E-state index in [1.54, 1.807) is 24.3 Å². The van der Waals surface area contributed by atoms with Crippen molar-refractivity contribution in [3.05, 3.63) is 64.8 Å². The highest BCUT2D eigenvalue weighted by Gasteiger charge is 2.35. The minimum absolute atomic E-state index is 0.0525. The van der Waals surface area contributed by atoms with E-state index in [-0.39, 0.29) is 12.5 Å². The first-order valence-corrected chi connectivity index (χ1v) is 13.9. The van der Waals surface area contributed by atoms with Crippen molar-refractivity contribution in [1.82, 2.24) is 15.3 Å². The fourth-order valence-electron chi connectivity index (χ4n) is 4.63. The lowest BCUT2D eigenvalue weighted by atomic mass is 10.1. The van der Waals surface area contributed by atoms with Crippen LogP contribution in [-0.2, 0) is 30.5 Å². The van der Waals surface area contributed by atoms with Gasteiger partial charge < -0.3 is 20.7 Å². The first-order chi connectivity index (χ1) is 19.0. The van der Waals surface area contributed by atoms with Crippen LogP contribution in [0.15, 0.2) is 42.6 Å². The van der Waals surface area contributed by atoms with E-state index < -0.39 is 28.8 Å². The van der Waals surface area contributed by atoms with Crippen LogP contribution in [0.5, 0.6) is 5.75 Å². The summed E-state index contributed by atoms with van der Waals surface area (Å²) < 4.78 is 69.2. The first-order valence-electron chi connectivity index (χ1n) is 12.8. The zero-order valence-corrected chi connectivity index (χ0v) is 23.3. The van der Waals surface area contributed by atoms with Gasteiger partial charge in [-0.25, -0.2) is 9.19 Å². The van der Waals surface area contributed by atoms with E-state index in [1.165, 1.54) is 39.8 Å². The molecule has 2 aromatic carbocycles. The normalized spacial score (nSPS) is 14.7. The number of hydrogen-bond acceptors (Lipinski definition) is 7. The standard InChI is InChI=1S/C27H33F3N6O3S/c1-17-8-10-19(23(12-17)36(2)40(37)38)15-32-25-21(27(28,29)30)16-33-26(35-25)34-22-11-9-18(13-24(22)39-3)14-31-20-6-4-5-7-20/h8-13,16,20,31H,4-7,14-15H2,1-3H3,(H,37,38)(H2,32,33,34,35). The van der Waals surface area contributed by atoms with Gasteiger partial charge in [0.15, 0.2) is 0 Å². The fourth-order valence-corrected chi connectivity index (χ4v) is 4.96. The van der Waals surface area contributed by atoms with E-state index in [0.717, 1.165) is 21.6 Å². The second-order valence-corrected chi connectivity index (χ2v) is 10.7. The molecule has 1 heterocycles. The molecular weight excluding hydrogens is 545 g/mol. The van der Waals surface area contributed by atoms with Gasteiger partial charge in [0.05, 0.1) is 18.5 Å². The van der Waals surface area contributed by atoms with Crippen LogP contribution in [-0.4, -0.2) is 38.9 Å². The van der Waals surface area contributed by atoms with Gasteiger partial charge in [0, 0.05) is 32.4 Å². The summed E-state index contributed by atoms with van der Waals surface area (Å²) in [7, 11) is 2.94. The molecule has 40 heavy (non-hydrogen) atoms. The summed E-state index contributed by atoms with van der Waals surface area (Å²) in [5.74, 6) is 0.0251. The summed E-state index contributed by atoms with van der Waals surface area (Å²) in [4.78, 5) is 8.01. The van der Waals surface area contributed by atoms with Crippen molar-refractivity contribution in [2.75, 3.05) is 29.1 Å². The van der Waals surface area contributed by atoms with Crippen molar-refractivity contribution in [3.8, 4) is 5.75 Å². The Morgan fingerprint density at radius 3 is 2.58 bits per heavy atom. The number of ether oxygens (including phenoxy) is 1. The number of nitrogens with one attached hydrogen (secondary N) is 3.